The Balaban J connectivity index is 2.62. The molecule has 1 aromatic rings. The lowest BCUT2D eigenvalue weighted by Crippen LogP contribution is -2.33. The highest BCUT2D eigenvalue weighted by molar-refractivity contribution is 5.93. The second kappa shape index (κ2) is 5.26. The SMILES string of the molecule is CC(CCO)NC(=O)c1cc([N+](=O)[O-])c[nH]1. The molecule has 7 heteroatoms. The fourth-order valence-electron chi connectivity index (χ4n) is 1.19. The highest BCUT2D eigenvalue weighted by Gasteiger charge is 2.15. The van der Waals surface area contributed by atoms with E-state index in [1.165, 1.54) is 6.07 Å². The first kappa shape index (κ1) is 12.2. The summed E-state index contributed by atoms with van der Waals surface area (Å²) in [6.45, 7) is 1.72. The number of aromatic nitrogens is 1. The van der Waals surface area contributed by atoms with Crippen LogP contribution in [0, 0.1) is 10.1 Å². The number of H-pyrrole nitrogens is 1. The monoisotopic (exact) mass is 227 g/mol. The molecule has 1 unspecified atom stereocenters. The fourth-order valence-corrected chi connectivity index (χ4v) is 1.19. The van der Waals surface area contributed by atoms with Crippen LogP contribution in [0.1, 0.15) is 23.8 Å². The van der Waals surface area contributed by atoms with Crippen molar-refractivity contribution < 1.29 is 14.8 Å². The Bertz CT molecular complexity index is 388. The number of hydrogen-bond acceptors (Lipinski definition) is 4. The zero-order valence-corrected chi connectivity index (χ0v) is 8.77. The number of nitro groups is 1. The van der Waals surface area contributed by atoms with E-state index in [1.807, 2.05) is 0 Å². The molecule has 1 rings (SSSR count). The Hall–Kier alpha value is -1.89. The predicted octanol–water partition coefficient (Wildman–Crippen LogP) is 0.424. The molecular formula is C9H13N3O4. The molecule has 0 aliphatic carbocycles. The van der Waals surface area contributed by atoms with Crippen molar-refractivity contribution in [2.24, 2.45) is 0 Å². The summed E-state index contributed by atoms with van der Waals surface area (Å²) < 4.78 is 0. The van der Waals surface area contributed by atoms with Gasteiger partial charge in [0.2, 0.25) is 0 Å². The minimum atomic E-state index is -0.579. The van der Waals surface area contributed by atoms with Gasteiger partial charge in [0.15, 0.2) is 0 Å². The van der Waals surface area contributed by atoms with E-state index in [4.69, 9.17) is 5.11 Å². The molecule has 0 spiro atoms. The largest absolute Gasteiger partial charge is 0.396 e. The molecule has 0 saturated carbocycles. The maximum atomic E-state index is 11.5. The fraction of sp³-hybridized carbons (Fsp3) is 0.444. The van der Waals surface area contributed by atoms with Gasteiger partial charge >= 0.3 is 0 Å². The number of nitrogens with one attached hydrogen (secondary N) is 2. The van der Waals surface area contributed by atoms with Gasteiger partial charge < -0.3 is 15.4 Å². The number of carbonyl (C=O) groups excluding carboxylic acids is 1. The topological polar surface area (TPSA) is 108 Å². The third kappa shape index (κ3) is 3.06. The van der Waals surface area contributed by atoms with E-state index in [0.717, 1.165) is 6.20 Å². The van der Waals surface area contributed by atoms with Gasteiger partial charge in [0.05, 0.1) is 11.1 Å². The smallest absolute Gasteiger partial charge is 0.287 e. The second-order valence-electron chi connectivity index (χ2n) is 3.42. The summed E-state index contributed by atoms with van der Waals surface area (Å²) in [6.07, 6.45) is 1.60. The number of nitrogens with zero attached hydrogens (tertiary/aromatic N) is 1. The molecule has 0 fully saturated rings. The van der Waals surface area contributed by atoms with Crippen LogP contribution in [-0.4, -0.2) is 33.6 Å². The first-order chi connectivity index (χ1) is 7.54. The number of carbonyl (C=O) groups is 1. The van der Waals surface area contributed by atoms with Gasteiger partial charge in [0.25, 0.3) is 11.6 Å². The van der Waals surface area contributed by atoms with Crippen molar-refractivity contribution in [1.29, 1.82) is 0 Å². The molecule has 1 aromatic heterocycles. The predicted molar refractivity (Wildman–Crippen MR) is 56.1 cm³/mol. The van der Waals surface area contributed by atoms with Crippen LogP contribution in [0.4, 0.5) is 5.69 Å². The van der Waals surface area contributed by atoms with Gasteiger partial charge in [-0.3, -0.25) is 14.9 Å². The lowest BCUT2D eigenvalue weighted by Gasteiger charge is -2.10. The molecule has 3 N–H and O–H groups in total. The molecule has 0 bridgehead atoms. The van der Waals surface area contributed by atoms with Crippen molar-refractivity contribution in [3.05, 3.63) is 28.1 Å². The van der Waals surface area contributed by atoms with Crippen molar-refractivity contribution in [1.82, 2.24) is 10.3 Å². The normalized spacial score (nSPS) is 12.1. The summed E-state index contributed by atoms with van der Waals surface area (Å²) in [6, 6.07) is 0.987. The summed E-state index contributed by atoms with van der Waals surface area (Å²) in [7, 11) is 0. The zero-order chi connectivity index (χ0) is 12.1. The molecule has 1 amide bonds. The van der Waals surface area contributed by atoms with Crippen LogP contribution < -0.4 is 5.32 Å². The summed E-state index contributed by atoms with van der Waals surface area (Å²) in [5.74, 6) is -0.422. The molecule has 0 saturated heterocycles. The summed E-state index contributed by atoms with van der Waals surface area (Å²) >= 11 is 0. The highest BCUT2D eigenvalue weighted by Crippen LogP contribution is 2.12. The minimum Gasteiger partial charge on any atom is -0.396 e. The van der Waals surface area contributed by atoms with E-state index in [9.17, 15) is 14.9 Å². The van der Waals surface area contributed by atoms with Crippen LogP contribution in [0.3, 0.4) is 0 Å². The number of hydrogen-bond donors (Lipinski definition) is 3. The average Bonchev–Trinajstić information content (AvgIpc) is 2.66. The molecule has 1 atom stereocenters. The van der Waals surface area contributed by atoms with E-state index < -0.39 is 10.8 Å². The summed E-state index contributed by atoms with van der Waals surface area (Å²) in [5.41, 5.74) is -0.0172. The molecular weight excluding hydrogens is 214 g/mol. The average molecular weight is 227 g/mol. The zero-order valence-electron chi connectivity index (χ0n) is 8.77. The Labute approximate surface area is 91.6 Å². The van der Waals surface area contributed by atoms with Crippen LogP contribution in [0.2, 0.25) is 0 Å². The van der Waals surface area contributed by atoms with Crippen molar-refractivity contribution in [2.45, 2.75) is 19.4 Å². The molecule has 1 heterocycles. The number of aliphatic hydroxyl groups excluding tert-OH is 1. The van der Waals surface area contributed by atoms with Crippen LogP contribution >= 0.6 is 0 Å². The van der Waals surface area contributed by atoms with Gasteiger partial charge in [-0.05, 0) is 13.3 Å². The highest BCUT2D eigenvalue weighted by atomic mass is 16.6. The summed E-state index contributed by atoms with van der Waals surface area (Å²) in [4.78, 5) is 23.8. The standard InChI is InChI=1S/C9H13N3O4/c1-6(2-3-13)11-9(14)8-4-7(5-10-8)12(15)16/h4-6,10,13H,2-3H2,1H3,(H,11,14). The van der Waals surface area contributed by atoms with E-state index in [-0.39, 0.29) is 24.0 Å². The van der Waals surface area contributed by atoms with Gasteiger partial charge in [-0.15, -0.1) is 0 Å². The Morgan fingerprint density at radius 1 is 1.75 bits per heavy atom. The van der Waals surface area contributed by atoms with Crippen LogP contribution in [-0.2, 0) is 0 Å². The van der Waals surface area contributed by atoms with Gasteiger partial charge in [-0.25, -0.2) is 0 Å². The van der Waals surface area contributed by atoms with Gasteiger partial charge in [0, 0.05) is 18.7 Å². The van der Waals surface area contributed by atoms with Crippen LogP contribution in [0.15, 0.2) is 12.3 Å². The van der Waals surface area contributed by atoms with E-state index in [1.54, 1.807) is 6.92 Å². The molecule has 0 aliphatic heterocycles. The van der Waals surface area contributed by atoms with Gasteiger partial charge in [0.1, 0.15) is 5.69 Å². The summed E-state index contributed by atoms with van der Waals surface area (Å²) in [5, 5.41) is 21.6. The maximum Gasteiger partial charge on any atom is 0.287 e. The third-order valence-electron chi connectivity index (χ3n) is 2.06. The Kier molecular flexibility index (Phi) is 4.01. The first-order valence-corrected chi connectivity index (χ1v) is 4.79. The first-order valence-electron chi connectivity index (χ1n) is 4.79. The lowest BCUT2D eigenvalue weighted by atomic mass is 10.2. The molecule has 88 valence electrons. The third-order valence-corrected chi connectivity index (χ3v) is 2.06. The molecule has 0 aliphatic rings. The minimum absolute atomic E-state index is 0.0215. The van der Waals surface area contributed by atoms with Gasteiger partial charge in [-0.2, -0.15) is 0 Å². The van der Waals surface area contributed by atoms with Crippen LogP contribution in [0.5, 0.6) is 0 Å². The van der Waals surface area contributed by atoms with Crippen LogP contribution in [0.25, 0.3) is 0 Å². The Morgan fingerprint density at radius 2 is 2.44 bits per heavy atom. The second-order valence-corrected chi connectivity index (χ2v) is 3.42. The van der Waals surface area contributed by atoms with E-state index in [0.29, 0.717) is 6.42 Å². The van der Waals surface area contributed by atoms with E-state index in [2.05, 4.69) is 10.3 Å². The number of amides is 1. The molecule has 0 radical (unpaired) electrons. The van der Waals surface area contributed by atoms with E-state index >= 15 is 0 Å². The molecule has 16 heavy (non-hydrogen) atoms. The van der Waals surface area contributed by atoms with Crippen molar-refractivity contribution in [3.63, 3.8) is 0 Å². The molecule has 0 aromatic carbocycles. The van der Waals surface area contributed by atoms with Crippen molar-refractivity contribution in [3.8, 4) is 0 Å². The number of aliphatic hydroxyl groups is 1. The molecule has 7 nitrogen and oxygen atoms in total. The number of aromatic amines is 1. The van der Waals surface area contributed by atoms with Gasteiger partial charge in [-0.1, -0.05) is 0 Å². The van der Waals surface area contributed by atoms with Crippen molar-refractivity contribution in [2.75, 3.05) is 6.61 Å². The maximum absolute atomic E-state index is 11.5. The Morgan fingerprint density at radius 3 is 2.94 bits per heavy atom. The quantitative estimate of drug-likeness (QED) is 0.500. The number of rotatable bonds is 5. The van der Waals surface area contributed by atoms with Crippen molar-refractivity contribution >= 4 is 11.6 Å². The lowest BCUT2D eigenvalue weighted by molar-refractivity contribution is -0.384.